The molecule has 1 aliphatic rings. The number of aliphatic imine (C=N–C) groups is 1. The topological polar surface area (TPSA) is 99.7 Å². The largest absolute Gasteiger partial charge is 0.505 e. The summed E-state index contributed by atoms with van der Waals surface area (Å²) in [5, 5.41) is 13.7. The van der Waals surface area contributed by atoms with Crippen molar-refractivity contribution in [3.8, 4) is 22.8 Å². The van der Waals surface area contributed by atoms with Gasteiger partial charge in [0.1, 0.15) is 29.5 Å². The Labute approximate surface area is 249 Å². The number of aromatic hydroxyl groups is 1. The summed E-state index contributed by atoms with van der Waals surface area (Å²) in [5.41, 5.74) is 3.81. The smallest absolute Gasteiger partial charge is 0.281 e. The van der Waals surface area contributed by atoms with Crippen LogP contribution in [-0.2, 0) is 6.42 Å². The lowest BCUT2D eigenvalue weighted by Gasteiger charge is -2.14. The Kier molecular flexibility index (Phi) is 9.88. The zero-order valence-electron chi connectivity index (χ0n) is 24.2. The number of alkyl halides is 2. The Morgan fingerprint density at radius 3 is 2.69 bits per heavy atom. The summed E-state index contributed by atoms with van der Waals surface area (Å²) < 4.78 is 34.3. The molecule has 1 aromatic carbocycles. The number of methoxy groups -OCH3 is 1. The van der Waals surface area contributed by atoms with Gasteiger partial charge in [0.05, 0.1) is 17.7 Å². The van der Waals surface area contributed by atoms with Crippen LogP contribution in [0.2, 0.25) is 5.02 Å². The van der Waals surface area contributed by atoms with Crippen LogP contribution in [-0.4, -0.2) is 58.2 Å². The molecule has 1 saturated heterocycles. The van der Waals surface area contributed by atoms with Crippen molar-refractivity contribution in [1.82, 2.24) is 15.3 Å². The normalized spacial score (nSPS) is 14.8. The highest BCUT2D eigenvalue weighted by molar-refractivity contribution is 6.34. The lowest BCUT2D eigenvalue weighted by molar-refractivity contribution is -0.353. The first-order valence-electron chi connectivity index (χ1n) is 13.9. The van der Waals surface area contributed by atoms with Crippen molar-refractivity contribution in [2.24, 2.45) is 4.99 Å². The van der Waals surface area contributed by atoms with Crippen LogP contribution in [0.5, 0.6) is 11.5 Å². The first-order chi connectivity index (χ1) is 20.1. The van der Waals surface area contributed by atoms with Crippen LogP contribution in [0, 0.1) is 6.92 Å². The van der Waals surface area contributed by atoms with E-state index in [0.717, 1.165) is 36.2 Å². The summed E-state index contributed by atoms with van der Waals surface area (Å²) in [7, 11) is 1.55. The lowest BCUT2D eigenvalue weighted by atomic mass is 10.0. The molecule has 0 bridgehead atoms. The fourth-order valence-corrected chi connectivity index (χ4v) is 5.07. The summed E-state index contributed by atoms with van der Waals surface area (Å²) >= 11 is 6.26. The van der Waals surface area contributed by atoms with Crippen LogP contribution in [0.4, 0.5) is 14.5 Å². The molecule has 3 heterocycles. The second-order valence-electron chi connectivity index (χ2n) is 10.2. The van der Waals surface area contributed by atoms with Gasteiger partial charge in [-0.25, -0.2) is 18.3 Å². The highest BCUT2D eigenvalue weighted by Gasteiger charge is 2.43. The van der Waals surface area contributed by atoms with Gasteiger partial charge in [0.15, 0.2) is 5.75 Å². The predicted octanol–water partition coefficient (Wildman–Crippen LogP) is 6.78. The van der Waals surface area contributed by atoms with Crippen LogP contribution in [0.25, 0.3) is 11.3 Å². The van der Waals surface area contributed by atoms with Crippen molar-refractivity contribution in [1.29, 1.82) is 0 Å². The third kappa shape index (κ3) is 6.75. The van der Waals surface area contributed by atoms with Gasteiger partial charge < -0.3 is 15.2 Å². The third-order valence-corrected chi connectivity index (χ3v) is 7.56. The number of aryl methyl sites for hydroxylation is 1. The minimum Gasteiger partial charge on any atom is -0.505 e. The minimum absolute atomic E-state index is 0.0782. The molecule has 1 fully saturated rings. The number of carbonyl (C=O) groups is 1. The van der Waals surface area contributed by atoms with E-state index in [9.17, 15) is 18.7 Å². The van der Waals surface area contributed by atoms with E-state index in [2.05, 4.69) is 35.8 Å². The first-order valence-corrected chi connectivity index (χ1v) is 14.2. The molecule has 0 saturated carbocycles. The standard InChI is InChI=1S/C31H34ClF2N5O3/c1-6-8-19(7-2)37-26-17(3)13-18(14-24(26)42-5)31(41)36-11-9-20-15-22(23-16-39(23)4)29(40)27(38-20)21-10-12-35-28(25(21)32)30(33)34/h10,12-15,23,30H,4,6-9,11,16H2,1-3,5H3,(H-,35,36,40,41)/p+1. The van der Waals surface area contributed by atoms with E-state index >= 15 is 0 Å². The Morgan fingerprint density at radius 1 is 1.33 bits per heavy atom. The van der Waals surface area contributed by atoms with Crippen LogP contribution in [0.3, 0.4) is 0 Å². The molecule has 2 N–H and O–H groups in total. The number of nitrogens with one attached hydrogen (secondary N) is 1. The molecule has 1 atom stereocenters. The zero-order chi connectivity index (χ0) is 30.6. The quantitative estimate of drug-likeness (QED) is 0.136. The molecular weight excluding hydrogens is 564 g/mol. The Hall–Kier alpha value is -3.92. The summed E-state index contributed by atoms with van der Waals surface area (Å²) in [4.78, 5) is 26.1. The number of nitrogens with zero attached hydrogens (tertiary/aromatic N) is 4. The molecule has 222 valence electrons. The molecule has 42 heavy (non-hydrogen) atoms. The van der Waals surface area contributed by atoms with Gasteiger partial charge in [-0.3, -0.25) is 14.8 Å². The highest BCUT2D eigenvalue weighted by atomic mass is 35.5. The number of pyridine rings is 2. The summed E-state index contributed by atoms with van der Waals surface area (Å²) in [6.07, 6.45) is 1.36. The number of hydrogen-bond donors (Lipinski definition) is 2. The van der Waals surface area contributed by atoms with Crippen molar-refractivity contribution < 1.29 is 28.0 Å². The number of rotatable bonds is 12. The van der Waals surface area contributed by atoms with E-state index < -0.39 is 12.1 Å². The van der Waals surface area contributed by atoms with E-state index in [1.165, 1.54) is 12.3 Å². The predicted molar refractivity (Wildman–Crippen MR) is 160 cm³/mol. The van der Waals surface area contributed by atoms with Gasteiger partial charge >= 0.3 is 0 Å². The zero-order valence-corrected chi connectivity index (χ0v) is 24.9. The molecule has 1 amide bonds. The molecule has 2 aromatic heterocycles. The van der Waals surface area contributed by atoms with Gasteiger partial charge in [-0.2, -0.15) is 0 Å². The monoisotopic (exact) mass is 598 g/mol. The maximum absolute atomic E-state index is 13.5. The van der Waals surface area contributed by atoms with E-state index in [-0.39, 0.29) is 40.5 Å². The lowest BCUT2D eigenvalue weighted by Crippen LogP contribution is -2.26. The van der Waals surface area contributed by atoms with Gasteiger partial charge in [-0.1, -0.05) is 31.9 Å². The molecule has 0 aliphatic carbocycles. The number of halogens is 3. The van der Waals surface area contributed by atoms with E-state index in [0.29, 0.717) is 35.5 Å². The number of hydrogen-bond acceptors (Lipinski definition) is 6. The maximum atomic E-state index is 13.5. The molecule has 11 heteroatoms. The van der Waals surface area contributed by atoms with Gasteiger partial charge in [0.25, 0.3) is 12.3 Å². The molecule has 0 spiro atoms. The summed E-state index contributed by atoms with van der Waals surface area (Å²) in [6.45, 7) is 10.8. The maximum Gasteiger partial charge on any atom is 0.281 e. The van der Waals surface area contributed by atoms with Crippen LogP contribution >= 0.6 is 11.6 Å². The molecule has 0 radical (unpaired) electrons. The molecule has 8 nitrogen and oxygen atoms in total. The Bertz CT molecular complexity index is 1540. The van der Waals surface area contributed by atoms with E-state index in [1.807, 2.05) is 6.92 Å². The third-order valence-electron chi connectivity index (χ3n) is 7.16. The molecule has 3 aromatic rings. The molecule has 4 rings (SSSR count). The van der Waals surface area contributed by atoms with E-state index in [4.69, 9.17) is 21.3 Å². The average molecular weight is 599 g/mol. The van der Waals surface area contributed by atoms with E-state index in [1.54, 1.807) is 29.9 Å². The first kappa shape index (κ1) is 31.0. The van der Waals surface area contributed by atoms with Crippen molar-refractivity contribution in [3.05, 3.63) is 63.6 Å². The van der Waals surface area contributed by atoms with Crippen LogP contribution in [0.15, 0.2) is 35.5 Å². The van der Waals surface area contributed by atoms with Crippen molar-refractivity contribution in [2.75, 3.05) is 20.2 Å². The number of aromatic nitrogens is 2. The fraction of sp³-hybridized carbons (Fsp3) is 0.387. The SMILES string of the molecule is C=[N+]1CC1c1cc(CCNC(=O)c2cc(C)c(N=C(CC)CCC)c(OC)c2)nc(-c2ccnc(C(F)F)c2Cl)c1O. The summed E-state index contributed by atoms with van der Waals surface area (Å²) in [6, 6.07) is 6.50. The average Bonchev–Trinajstić information content (AvgIpc) is 3.70. The molecular formula is C31H35ClF2N5O3+. The minimum atomic E-state index is -2.88. The second-order valence-corrected chi connectivity index (χ2v) is 10.6. The van der Waals surface area contributed by atoms with Crippen LogP contribution in [0.1, 0.15) is 78.4 Å². The van der Waals surface area contributed by atoms with Crippen molar-refractivity contribution >= 4 is 35.6 Å². The van der Waals surface area contributed by atoms with Gasteiger partial charge in [-0.05, 0) is 49.6 Å². The highest BCUT2D eigenvalue weighted by Crippen LogP contribution is 2.43. The number of benzene rings is 1. The number of amides is 1. The fourth-order valence-electron chi connectivity index (χ4n) is 4.79. The number of carbonyl (C=O) groups excluding carboxylic acids is 1. The molecule has 1 unspecified atom stereocenters. The summed E-state index contributed by atoms with van der Waals surface area (Å²) in [5.74, 6) is 0.0827. The second kappa shape index (κ2) is 13.4. The van der Waals surface area contributed by atoms with Gasteiger partial charge in [-0.15, -0.1) is 0 Å². The van der Waals surface area contributed by atoms with Crippen molar-refractivity contribution in [3.63, 3.8) is 0 Å². The van der Waals surface area contributed by atoms with Crippen LogP contribution < -0.4 is 10.1 Å². The van der Waals surface area contributed by atoms with Crippen molar-refractivity contribution in [2.45, 2.75) is 58.9 Å². The molecule has 1 aliphatic heterocycles. The Morgan fingerprint density at radius 2 is 2.07 bits per heavy atom. The van der Waals surface area contributed by atoms with Gasteiger partial charge in [0, 0.05) is 41.7 Å². The van der Waals surface area contributed by atoms with Gasteiger partial charge in [0.2, 0.25) is 12.6 Å². The number of ether oxygens (including phenoxy) is 1. The Balaban J connectivity index is 1.57.